The number of aromatic nitrogens is 1. The fourth-order valence-electron chi connectivity index (χ4n) is 1.41. The Bertz CT molecular complexity index is 620. The summed E-state index contributed by atoms with van der Waals surface area (Å²) in [6, 6.07) is 6.09. The number of benzene rings is 1. The van der Waals surface area contributed by atoms with Crippen molar-refractivity contribution in [3.8, 4) is 0 Å². The van der Waals surface area contributed by atoms with Gasteiger partial charge in [-0.3, -0.25) is 4.72 Å². The normalized spacial score (nSPS) is 13.2. The third kappa shape index (κ3) is 2.69. The van der Waals surface area contributed by atoms with Gasteiger partial charge in [0.05, 0.1) is 17.2 Å². The maximum absolute atomic E-state index is 12.0. The average molecular weight is 268 g/mol. The Morgan fingerprint density at radius 2 is 2.22 bits per heavy atom. The number of hydrogen-bond donors (Lipinski definition) is 2. The fraction of sp³-hybridized carbons (Fsp3) is 0.182. The van der Waals surface area contributed by atoms with E-state index in [1.165, 1.54) is 24.6 Å². The summed E-state index contributed by atoms with van der Waals surface area (Å²) in [5.41, 5.74) is 0.778. The van der Waals surface area contributed by atoms with Gasteiger partial charge in [-0.05, 0) is 24.6 Å². The maximum atomic E-state index is 12.0. The monoisotopic (exact) mass is 268 g/mol. The lowest BCUT2D eigenvalue weighted by atomic mass is 10.1. The second kappa shape index (κ2) is 4.79. The van der Waals surface area contributed by atoms with E-state index in [1.807, 2.05) is 0 Å². The molecule has 6 nitrogen and oxygen atoms in total. The Morgan fingerprint density at radius 1 is 1.44 bits per heavy atom. The minimum Gasteiger partial charge on any atom is -0.389 e. The highest BCUT2D eigenvalue weighted by atomic mass is 32.2. The summed E-state index contributed by atoms with van der Waals surface area (Å²) in [7, 11) is -3.70. The minimum atomic E-state index is -3.70. The lowest BCUT2D eigenvalue weighted by Crippen LogP contribution is -2.12. The maximum Gasteiger partial charge on any atom is 0.262 e. The SMILES string of the molecule is CC(O)c1cccc(S(=O)(=O)Nc2cnoc2)c1. The highest BCUT2D eigenvalue weighted by molar-refractivity contribution is 7.92. The van der Waals surface area contributed by atoms with Crippen LogP contribution in [0.5, 0.6) is 0 Å². The van der Waals surface area contributed by atoms with E-state index in [-0.39, 0.29) is 10.6 Å². The van der Waals surface area contributed by atoms with Crippen molar-refractivity contribution in [1.82, 2.24) is 5.16 Å². The van der Waals surface area contributed by atoms with Crippen molar-refractivity contribution >= 4 is 15.7 Å². The number of hydrogen-bond acceptors (Lipinski definition) is 5. The topological polar surface area (TPSA) is 92.4 Å². The number of rotatable bonds is 4. The molecule has 96 valence electrons. The van der Waals surface area contributed by atoms with Gasteiger partial charge in [0.1, 0.15) is 12.0 Å². The van der Waals surface area contributed by atoms with Crippen LogP contribution in [0.1, 0.15) is 18.6 Å². The third-order valence-corrected chi connectivity index (χ3v) is 3.71. The van der Waals surface area contributed by atoms with Crippen LogP contribution in [0, 0.1) is 0 Å². The molecule has 2 N–H and O–H groups in total. The van der Waals surface area contributed by atoms with E-state index in [9.17, 15) is 13.5 Å². The summed E-state index contributed by atoms with van der Waals surface area (Å²) in [5.74, 6) is 0. The van der Waals surface area contributed by atoms with Gasteiger partial charge >= 0.3 is 0 Å². The Morgan fingerprint density at radius 3 is 2.83 bits per heavy atom. The first-order valence-electron chi connectivity index (χ1n) is 5.19. The summed E-state index contributed by atoms with van der Waals surface area (Å²) in [5, 5.41) is 12.8. The Labute approximate surface area is 104 Å². The molecule has 0 fully saturated rings. The van der Waals surface area contributed by atoms with Crippen molar-refractivity contribution < 1.29 is 18.0 Å². The first kappa shape index (κ1) is 12.6. The van der Waals surface area contributed by atoms with Crippen molar-refractivity contribution in [2.24, 2.45) is 0 Å². The van der Waals surface area contributed by atoms with Gasteiger partial charge in [-0.25, -0.2) is 8.42 Å². The number of aliphatic hydroxyl groups is 1. The van der Waals surface area contributed by atoms with Crippen LogP contribution in [-0.2, 0) is 10.0 Å². The lowest BCUT2D eigenvalue weighted by Gasteiger charge is -2.09. The van der Waals surface area contributed by atoms with E-state index in [2.05, 4.69) is 14.4 Å². The van der Waals surface area contributed by atoms with Crippen LogP contribution in [0.25, 0.3) is 0 Å². The smallest absolute Gasteiger partial charge is 0.262 e. The number of sulfonamides is 1. The van der Waals surface area contributed by atoms with Crippen molar-refractivity contribution in [2.75, 3.05) is 4.72 Å². The first-order valence-corrected chi connectivity index (χ1v) is 6.67. The molecule has 0 saturated carbocycles. The van der Waals surface area contributed by atoms with Crippen LogP contribution in [-0.4, -0.2) is 18.7 Å². The van der Waals surface area contributed by atoms with E-state index >= 15 is 0 Å². The zero-order valence-corrected chi connectivity index (χ0v) is 10.4. The highest BCUT2D eigenvalue weighted by Crippen LogP contribution is 2.19. The van der Waals surface area contributed by atoms with Crippen LogP contribution < -0.4 is 4.72 Å². The quantitative estimate of drug-likeness (QED) is 0.877. The van der Waals surface area contributed by atoms with Crippen LogP contribution in [0.3, 0.4) is 0 Å². The number of aliphatic hydroxyl groups excluding tert-OH is 1. The molecular weight excluding hydrogens is 256 g/mol. The second-order valence-electron chi connectivity index (χ2n) is 3.77. The van der Waals surface area contributed by atoms with Gasteiger partial charge in [0.25, 0.3) is 10.0 Å². The molecule has 18 heavy (non-hydrogen) atoms. The largest absolute Gasteiger partial charge is 0.389 e. The van der Waals surface area contributed by atoms with Gasteiger partial charge in [0.15, 0.2) is 0 Å². The summed E-state index contributed by atoms with van der Waals surface area (Å²) in [6.45, 7) is 1.57. The molecule has 1 heterocycles. The van der Waals surface area contributed by atoms with Crippen LogP contribution in [0.2, 0.25) is 0 Å². The van der Waals surface area contributed by atoms with Crippen molar-refractivity contribution in [2.45, 2.75) is 17.9 Å². The zero-order chi connectivity index (χ0) is 13.2. The Kier molecular flexibility index (Phi) is 3.35. The summed E-state index contributed by atoms with van der Waals surface area (Å²) < 4.78 is 30.9. The van der Waals surface area contributed by atoms with Crippen LogP contribution in [0.15, 0.2) is 46.1 Å². The first-order chi connectivity index (χ1) is 8.49. The Balaban J connectivity index is 2.32. The molecule has 0 radical (unpaired) electrons. The van der Waals surface area contributed by atoms with Gasteiger partial charge in [0.2, 0.25) is 0 Å². The van der Waals surface area contributed by atoms with E-state index in [1.54, 1.807) is 19.1 Å². The van der Waals surface area contributed by atoms with Crippen molar-refractivity contribution in [1.29, 1.82) is 0 Å². The molecule has 1 atom stereocenters. The summed E-state index contributed by atoms with van der Waals surface area (Å²) in [4.78, 5) is 0.0714. The molecule has 0 spiro atoms. The predicted molar refractivity (Wildman–Crippen MR) is 64.4 cm³/mol. The van der Waals surface area contributed by atoms with Crippen molar-refractivity contribution in [3.63, 3.8) is 0 Å². The van der Waals surface area contributed by atoms with E-state index < -0.39 is 16.1 Å². The zero-order valence-electron chi connectivity index (χ0n) is 9.57. The summed E-state index contributed by atoms with van der Waals surface area (Å²) >= 11 is 0. The average Bonchev–Trinajstić information content (AvgIpc) is 2.81. The molecular formula is C11H12N2O4S. The van der Waals surface area contributed by atoms with Gasteiger partial charge in [-0.2, -0.15) is 0 Å². The standard InChI is InChI=1S/C11H12N2O4S/c1-8(14)9-3-2-4-11(5-9)18(15,16)13-10-6-12-17-7-10/h2-8,13-14H,1H3. The minimum absolute atomic E-state index is 0.0714. The molecule has 1 aromatic heterocycles. The molecule has 0 aliphatic heterocycles. The van der Waals surface area contributed by atoms with E-state index in [0.717, 1.165) is 0 Å². The molecule has 0 bridgehead atoms. The molecule has 1 unspecified atom stereocenters. The molecule has 0 saturated heterocycles. The third-order valence-electron chi connectivity index (χ3n) is 2.34. The number of nitrogens with one attached hydrogen (secondary N) is 1. The van der Waals surface area contributed by atoms with Gasteiger partial charge < -0.3 is 9.63 Å². The van der Waals surface area contributed by atoms with Crippen molar-refractivity contribution in [3.05, 3.63) is 42.3 Å². The fourth-order valence-corrected chi connectivity index (χ4v) is 2.49. The molecule has 1 aromatic carbocycles. The number of anilines is 1. The lowest BCUT2D eigenvalue weighted by molar-refractivity contribution is 0.199. The molecule has 2 aromatic rings. The second-order valence-corrected chi connectivity index (χ2v) is 5.45. The molecule has 2 rings (SSSR count). The van der Waals surface area contributed by atoms with E-state index in [4.69, 9.17) is 0 Å². The van der Waals surface area contributed by atoms with Gasteiger partial charge in [-0.1, -0.05) is 17.3 Å². The molecule has 0 amide bonds. The number of nitrogens with zero attached hydrogens (tertiary/aromatic N) is 1. The summed E-state index contributed by atoms with van der Waals surface area (Å²) in [6.07, 6.45) is 1.72. The van der Waals surface area contributed by atoms with Gasteiger partial charge in [0, 0.05) is 0 Å². The predicted octanol–water partition coefficient (Wildman–Crippen LogP) is 1.53. The molecule has 0 aliphatic carbocycles. The molecule has 7 heteroatoms. The van der Waals surface area contributed by atoms with Gasteiger partial charge in [-0.15, -0.1) is 0 Å². The van der Waals surface area contributed by atoms with Crippen LogP contribution in [0.4, 0.5) is 5.69 Å². The van der Waals surface area contributed by atoms with E-state index in [0.29, 0.717) is 5.56 Å². The highest BCUT2D eigenvalue weighted by Gasteiger charge is 2.16. The Hall–Kier alpha value is -1.86. The molecule has 0 aliphatic rings. The van der Waals surface area contributed by atoms with Crippen LogP contribution >= 0.6 is 0 Å².